The van der Waals surface area contributed by atoms with Gasteiger partial charge in [-0.05, 0) is 23.6 Å². The van der Waals surface area contributed by atoms with Crippen LogP contribution in [0.1, 0.15) is 18.9 Å². The molecule has 1 nitrogen and oxygen atoms in total. The molecule has 2 aromatic rings. The zero-order chi connectivity index (χ0) is 13.1. The number of hydrogen-bond acceptors (Lipinski definition) is 1. The number of halogens is 2. The molecule has 3 heteroatoms. The quantitative estimate of drug-likeness (QED) is 0.844. The molecule has 94 valence electrons. The molecule has 0 spiro atoms. The number of aryl methyl sites for hydroxylation is 1. The van der Waals surface area contributed by atoms with Gasteiger partial charge in [-0.2, -0.15) is 0 Å². The number of phenolic OH excluding ortho intramolecular Hbond substituents is 1. The molecule has 0 aliphatic rings. The maximum atomic E-state index is 13.1. The summed E-state index contributed by atoms with van der Waals surface area (Å²) in [6.45, 7) is 2.12. The fourth-order valence-electron chi connectivity index (χ4n) is 1.91. The van der Waals surface area contributed by atoms with E-state index in [4.69, 9.17) is 11.6 Å². The van der Waals surface area contributed by atoms with E-state index < -0.39 is 5.82 Å². The zero-order valence-electron chi connectivity index (χ0n) is 10.1. The Labute approximate surface area is 111 Å². The Hall–Kier alpha value is -1.54. The highest BCUT2D eigenvalue weighted by molar-refractivity contribution is 6.31. The van der Waals surface area contributed by atoms with Gasteiger partial charge in [0, 0.05) is 11.6 Å². The minimum absolute atomic E-state index is 0.0143. The van der Waals surface area contributed by atoms with Gasteiger partial charge < -0.3 is 5.11 Å². The van der Waals surface area contributed by atoms with Crippen LogP contribution in [0, 0.1) is 5.82 Å². The van der Waals surface area contributed by atoms with Crippen LogP contribution in [0.3, 0.4) is 0 Å². The molecule has 0 saturated heterocycles. The Bertz CT molecular complexity index is 549. The lowest BCUT2D eigenvalue weighted by molar-refractivity contribution is 0.471. The van der Waals surface area contributed by atoms with Crippen LogP contribution in [-0.2, 0) is 6.42 Å². The number of phenols is 1. The highest BCUT2D eigenvalue weighted by Gasteiger charge is 2.09. The summed E-state index contributed by atoms with van der Waals surface area (Å²) in [5, 5.41) is 9.76. The van der Waals surface area contributed by atoms with E-state index in [1.807, 2.05) is 24.3 Å². The predicted molar refractivity (Wildman–Crippen MR) is 72.5 cm³/mol. The summed E-state index contributed by atoms with van der Waals surface area (Å²) >= 11 is 5.73. The van der Waals surface area contributed by atoms with Gasteiger partial charge in [0.05, 0.1) is 5.02 Å². The summed E-state index contributed by atoms with van der Waals surface area (Å²) in [5.41, 5.74) is 2.62. The van der Waals surface area contributed by atoms with Gasteiger partial charge in [0.2, 0.25) is 0 Å². The molecule has 0 aliphatic carbocycles. The van der Waals surface area contributed by atoms with Crippen molar-refractivity contribution in [1.29, 1.82) is 0 Å². The molecule has 1 N–H and O–H groups in total. The first kappa shape index (κ1) is 12.9. The molecule has 0 saturated carbocycles. The molecule has 2 aromatic carbocycles. The van der Waals surface area contributed by atoms with E-state index in [-0.39, 0.29) is 10.8 Å². The van der Waals surface area contributed by atoms with E-state index in [1.165, 1.54) is 11.6 Å². The first-order valence-corrected chi connectivity index (χ1v) is 6.27. The van der Waals surface area contributed by atoms with Crippen molar-refractivity contribution in [3.05, 3.63) is 52.8 Å². The van der Waals surface area contributed by atoms with Gasteiger partial charge in [-0.1, -0.05) is 49.2 Å². The van der Waals surface area contributed by atoms with Crippen LogP contribution in [0.5, 0.6) is 5.75 Å². The number of benzene rings is 2. The predicted octanol–water partition coefficient (Wildman–Crippen LogP) is 4.80. The first-order valence-electron chi connectivity index (χ1n) is 5.89. The molecule has 0 amide bonds. The highest BCUT2D eigenvalue weighted by atomic mass is 35.5. The highest BCUT2D eigenvalue weighted by Crippen LogP contribution is 2.33. The summed E-state index contributed by atoms with van der Waals surface area (Å²) in [6.07, 6.45) is 2.11. The van der Waals surface area contributed by atoms with Crippen LogP contribution >= 0.6 is 11.6 Å². The van der Waals surface area contributed by atoms with Gasteiger partial charge in [0.15, 0.2) is 0 Å². The Kier molecular flexibility index (Phi) is 3.87. The summed E-state index contributed by atoms with van der Waals surface area (Å²) < 4.78 is 13.1. The van der Waals surface area contributed by atoms with E-state index in [2.05, 4.69) is 6.92 Å². The maximum Gasteiger partial charge on any atom is 0.145 e. The molecule has 0 radical (unpaired) electrons. The van der Waals surface area contributed by atoms with Gasteiger partial charge in [0.25, 0.3) is 0 Å². The molecule has 0 aromatic heterocycles. The van der Waals surface area contributed by atoms with Crippen molar-refractivity contribution < 1.29 is 9.50 Å². The second kappa shape index (κ2) is 5.40. The van der Waals surface area contributed by atoms with Crippen LogP contribution < -0.4 is 0 Å². The van der Waals surface area contributed by atoms with E-state index in [0.717, 1.165) is 24.5 Å². The number of aromatic hydroxyl groups is 1. The van der Waals surface area contributed by atoms with Crippen LogP contribution in [0.2, 0.25) is 5.02 Å². The molecular weight excluding hydrogens is 251 g/mol. The third-order valence-corrected chi connectivity index (χ3v) is 3.13. The monoisotopic (exact) mass is 264 g/mol. The van der Waals surface area contributed by atoms with Gasteiger partial charge in [-0.3, -0.25) is 0 Å². The van der Waals surface area contributed by atoms with E-state index >= 15 is 0 Å². The van der Waals surface area contributed by atoms with Crippen LogP contribution in [0.4, 0.5) is 4.39 Å². The SMILES string of the molecule is CCCc1ccc(-c2cc(Cl)c(F)cc2O)cc1. The van der Waals surface area contributed by atoms with Crippen molar-refractivity contribution in [2.75, 3.05) is 0 Å². The molecule has 0 heterocycles. The molecule has 18 heavy (non-hydrogen) atoms. The fraction of sp³-hybridized carbons (Fsp3) is 0.200. The van der Waals surface area contributed by atoms with Gasteiger partial charge in [-0.15, -0.1) is 0 Å². The molecule has 0 atom stereocenters. The fourth-order valence-corrected chi connectivity index (χ4v) is 2.07. The van der Waals surface area contributed by atoms with Crippen molar-refractivity contribution in [3.8, 4) is 16.9 Å². The Morgan fingerprint density at radius 2 is 1.83 bits per heavy atom. The largest absolute Gasteiger partial charge is 0.507 e. The van der Waals surface area contributed by atoms with Crippen LogP contribution in [-0.4, -0.2) is 5.11 Å². The zero-order valence-corrected chi connectivity index (χ0v) is 10.8. The lowest BCUT2D eigenvalue weighted by Gasteiger charge is -2.07. The van der Waals surface area contributed by atoms with Crippen molar-refractivity contribution in [1.82, 2.24) is 0 Å². The molecular formula is C15H14ClFO. The van der Waals surface area contributed by atoms with E-state index in [1.54, 1.807) is 0 Å². The Balaban J connectivity index is 2.39. The second-order valence-electron chi connectivity index (χ2n) is 4.23. The maximum absolute atomic E-state index is 13.1. The number of rotatable bonds is 3. The Morgan fingerprint density at radius 3 is 2.44 bits per heavy atom. The molecule has 0 fully saturated rings. The minimum atomic E-state index is -0.611. The third kappa shape index (κ3) is 2.65. The Morgan fingerprint density at radius 1 is 1.17 bits per heavy atom. The first-order chi connectivity index (χ1) is 8.61. The smallest absolute Gasteiger partial charge is 0.145 e. The van der Waals surface area contributed by atoms with Gasteiger partial charge in [-0.25, -0.2) is 4.39 Å². The molecule has 0 unspecified atom stereocenters. The van der Waals surface area contributed by atoms with Crippen molar-refractivity contribution in [2.45, 2.75) is 19.8 Å². The topological polar surface area (TPSA) is 20.2 Å². The standard InChI is InChI=1S/C15H14ClFO/c1-2-3-10-4-6-11(7-5-10)12-8-13(16)14(17)9-15(12)18/h4-9,18H,2-3H2,1H3. The second-order valence-corrected chi connectivity index (χ2v) is 4.64. The number of hydrogen-bond donors (Lipinski definition) is 1. The summed E-state index contributed by atoms with van der Waals surface area (Å²) in [4.78, 5) is 0. The normalized spacial score (nSPS) is 10.6. The van der Waals surface area contributed by atoms with Crippen LogP contribution in [0.25, 0.3) is 11.1 Å². The van der Waals surface area contributed by atoms with E-state index in [9.17, 15) is 9.50 Å². The van der Waals surface area contributed by atoms with Crippen LogP contribution in [0.15, 0.2) is 36.4 Å². The average molecular weight is 265 g/mol. The van der Waals surface area contributed by atoms with E-state index in [0.29, 0.717) is 5.56 Å². The third-order valence-electron chi connectivity index (χ3n) is 2.84. The van der Waals surface area contributed by atoms with Gasteiger partial charge in [0.1, 0.15) is 11.6 Å². The lowest BCUT2D eigenvalue weighted by atomic mass is 10.0. The van der Waals surface area contributed by atoms with Gasteiger partial charge >= 0.3 is 0 Å². The summed E-state index contributed by atoms with van der Waals surface area (Å²) in [6, 6.07) is 10.3. The molecule has 2 rings (SSSR count). The van der Waals surface area contributed by atoms with Crippen molar-refractivity contribution in [2.24, 2.45) is 0 Å². The summed E-state index contributed by atoms with van der Waals surface area (Å²) in [5.74, 6) is -0.708. The lowest BCUT2D eigenvalue weighted by Crippen LogP contribution is -1.86. The minimum Gasteiger partial charge on any atom is -0.507 e. The van der Waals surface area contributed by atoms with Crippen molar-refractivity contribution in [3.63, 3.8) is 0 Å². The summed E-state index contributed by atoms with van der Waals surface area (Å²) in [7, 11) is 0. The van der Waals surface area contributed by atoms with Crippen molar-refractivity contribution >= 4 is 11.6 Å². The molecule has 0 aliphatic heterocycles. The molecule has 0 bridgehead atoms. The average Bonchev–Trinajstić information content (AvgIpc) is 2.35.